The lowest BCUT2D eigenvalue weighted by Gasteiger charge is -2.34. The number of nitrogens with zero attached hydrogens (tertiary/aromatic N) is 4. The van der Waals surface area contributed by atoms with Crippen molar-refractivity contribution in [2.75, 3.05) is 40.4 Å². The Bertz CT molecular complexity index is 1030. The van der Waals surface area contributed by atoms with Gasteiger partial charge in [-0.3, -0.25) is 14.6 Å². The summed E-state index contributed by atoms with van der Waals surface area (Å²) in [5.74, 6) is 1.00. The van der Waals surface area contributed by atoms with Gasteiger partial charge in [0.1, 0.15) is 0 Å². The summed E-state index contributed by atoms with van der Waals surface area (Å²) in [5, 5.41) is 5.62. The quantitative estimate of drug-likeness (QED) is 0.639. The smallest absolute Gasteiger partial charge is 0.279 e. The molecule has 0 N–H and O–H groups in total. The van der Waals surface area contributed by atoms with E-state index in [4.69, 9.17) is 9.47 Å². The number of methoxy groups -OCH3 is 2. The number of hydrogen-bond donors (Lipinski definition) is 0. The maximum absolute atomic E-state index is 13.1. The van der Waals surface area contributed by atoms with E-state index < -0.39 is 0 Å². The molecule has 0 saturated carbocycles. The minimum absolute atomic E-state index is 0.162. The zero-order chi connectivity index (χ0) is 20.2. The molecular weight excluding hydrogens is 368 g/mol. The molecule has 1 saturated heterocycles. The van der Waals surface area contributed by atoms with Gasteiger partial charge in [0.25, 0.3) is 5.56 Å². The summed E-state index contributed by atoms with van der Waals surface area (Å²) < 4.78 is 12.3. The van der Waals surface area contributed by atoms with E-state index in [9.17, 15) is 4.79 Å². The van der Waals surface area contributed by atoms with Crippen LogP contribution < -0.4 is 15.0 Å². The molecule has 0 spiro atoms. The minimum Gasteiger partial charge on any atom is -0.493 e. The molecular formula is C22H26N4O3. The van der Waals surface area contributed by atoms with Crippen LogP contribution in [0, 0.1) is 0 Å². The summed E-state index contributed by atoms with van der Waals surface area (Å²) in [4.78, 5) is 17.8. The van der Waals surface area contributed by atoms with Crippen LogP contribution in [0.2, 0.25) is 0 Å². The van der Waals surface area contributed by atoms with Crippen LogP contribution in [0.25, 0.3) is 10.8 Å². The minimum atomic E-state index is -0.162. The van der Waals surface area contributed by atoms with E-state index in [0.717, 1.165) is 38.1 Å². The monoisotopic (exact) mass is 394 g/mol. The van der Waals surface area contributed by atoms with Gasteiger partial charge in [0.15, 0.2) is 11.5 Å². The van der Waals surface area contributed by atoms with Gasteiger partial charge in [-0.05, 0) is 17.7 Å². The van der Waals surface area contributed by atoms with E-state index in [1.807, 2.05) is 12.1 Å². The highest BCUT2D eigenvalue weighted by atomic mass is 16.5. The molecule has 2 aromatic carbocycles. The third-order valence-corrected chi connectivity index (χ3v) is 5.41. The van der Waals surface area contributed by atoms with E-state index in [0.29, 0.717) is 23.6 Å². The van der Waals surface area contributed by atoms with E-state index in [1.165, 1.54) is 10.2 Å². The Kier molecular flexibility index (Phi) is 5.78. The number of piperazine rings is 1. The predicted molar refractivity (Wildman–Crippen MR) is 112 cm³/mol. The van der Waals surface area contributed by atoms with Crippen molar-refractivity contribution in [3.8, 4) is 11.5 Å². The first kappa shape index (κ1) is 19.4. The number of benzene rings is 2. The molecule has 2 heterocycles. The standard InChI is InChI=1S/C22H26N4O3/c1-28-19-9-8-18-14-23-26(22(27)20(18)21(19)29-2)16-25-12-10-24(11-13-25)15-17-6-4-3-5-7-17/h3-9,14H,10-13,15-16H2,1-2H3. The topological polar surface area (TPSA) is 59.8 Å². The third kappa shape index (κ3) is 4.11. The Morgan fingerprint density at radius 1 is 0.931 bits per heavy atom. The van der Waals surface area contributed by atoms with Crippen LogP contribution in [-0.4, -0.2) is 60.0 Å². The van der Waals surface area contributed by atoms with Gasteiger partial charge in [0.05, 0.1) is 32.5 Å². The van der Waals surface area contributed by atoms with Gasteiger partial charge in [-0.1, -0.05) is 30.3 Å². The van der Waals surface area contributed by atoms with Crippen molar-refractivity contribution in [1.82, 2.24) is 19.6 Å². The lowest BCUT2D eigenvalue weighted by Crippen LogP contribution is -2.47. The molecule has 7 heteroatoms. The lowest BCUT2D eigenvalue weighted by atomic mass is 10.1. The highest BCUT2D eigenvalue weighted by molar-refractivity contribution is 5.89. The zero-order valence-electron chi connectivity index (χ0n) is 16.9. The van der Waals surface area contributed by atoms with Crippen molar-refractivity contribution in [3.63, 3.8) is 0 Å². The van der Waals surface area contributed by atoms with Crippen LogP contribution in [0.1, 0.15) is 5.56 Å². The first-order valence-corrected chi connectivity index (χ1v) is 9.79. The average molecular weight is 394 g/mol. The predicted octanol–water partition coefficient (Wildman–Crippen LogP) is 2.19. The number of ether oxygens (including phenoxy) is 2. The molecule has 1 aromatic heterocycles. The molecule has 0 amide bonds. The maximum Gasteiger partial charge on any atom is 0.279 e. The number of hydrogen-bond acceptors (Lipinski definition) is 6. The number of fused-ring (bicyclic) bond motifs is 1. The Labute approximate surface area is 170 Å². The number of rotatable bonds is 6. The molecule has 0 unspecified atom stereocenters. The van der Waals surface area contributed by atoms with Gasteiger partial charge in [0.2, 0.25) is 0 Å². The fraction of sp³-hybridized carbons (Fsp3) is 0.364. The maximum atomic E-state index is 13.1. The van der Waals surface area contributed by atoms with Crippen LogP contribution in [-0.2, 0) is 13.2 Å². The van der Waals surface area contributed by atoms with Crippen molar-refractivity contribution in [2.45, 2.75) is 13.2 Å². The molecule has 0 aliphatic carbocycles. The second-order valence-corrected chi connectivity index (χ2v) is 7.24. The second kappa shape index (κ2) is 8.63. The van der Waals surface area contributed by atoms with E-state index >= 15 is 0 Å². The lowest BCUT2D eigenvalue weighted by molar-refractivity contribution is 0.0972. The van der Waals surface area contributed by atoms with Crippen LogP contribution in [0.5, 0.6) is 11.5 Å². The first-order chi connectivity index (χ1) is 14.2. The number of aromatic nitrogens is 2. The van der Waals surface area contributed by atoms with Crippen molar-refractivity contribution in [3.05, 3.63) is 64.6 Å². The van der Waals surface area contributed by atoms with E-state index in [2.05, 4.69) is 39.2 Å². The second-order valence-electron chi connectivity index (χ2n) is 7.24. The summed E-state index contributed by atoms with van der Waals surface area (Å²) >= 11 is 0. The van der Waals surface area contributed by atoms with Crippen LogP contribution in [0.4, 0.5) is 0 Å². The summed E-state index contributed by atoms with van der Waals surface area (Å²) in [6, 6.07) is 14.1. The molecule has 29 heavy (non-hydrogen) atoms. The zero-order valence-corrected chi connectivity index (χ0v) is 16.9. The molecule has 152 valence electrons. The molecule has 3 aromatic rings. The van der Waals surface area contributed by atoms with Gasteiger partial charge >= 0.3 is 0 Å². The van der Waals surface area contributed by atoms with Crippen molar-refractivity contribution < 1.29 is 9.47 Å². The Balaban J connectivity index is 1.47. The fourth-order valence-electron chi connectivity index (χ4n) is 3.80. The Hall–Kier alpha value is -2.90. The highest BCUT2D eigenvalue weighted by Crippen LogP contribution is 2.32. The Morgan fingerprint density at radius 3 is 2.34 bits per heavy atom. The van der Waals surface area contributed by atoms with Gasteiger partial charge in [-0.25, -0.2) is 4.68 Å². The molecule has 4 rings (SSSR count). The summed E-state index contributed by atoms with van der Waals surface area (Å²) in [7, 11) is 3.12. The van der Waals surface area contributed by atoms with Crippen LogP contribution in [0.3, 0.4) is 0 Å². The summed E-state index contributed by atoms with van der Waals surface area (Å²) in [6.07, 6.45) is 1.71. The molecule has 7 nitrogen and oxygen atoms in total. The van der Waals surface area contributed by atoms with Crippen molar-refractivity contribution in [2.24, 2.45) is 0 Å². The van der Waals surface area contributed by atoms with E-state index in [1.54, 1.807) is 26.5 Å². The largest absolute Gasteiger partial charge is 0.493 e. The van der Waals surface area contributed by atoms with Gasteiger partial charge < -0.3 is 9.47 Å². The van der Waals surface area contributed by atoms with Crippen LogP contribution in [0.15, 0.2) is 53.5 Å². The molecule has 0 bridgehead atoms. The average Bonchev–Trinajstić information content (AvgIpc) is 2.77. The first-order valence-electron chi connectivity index (χ1n) is 9.79. The SMILES string of the molecule is COc1ccc2cnn(CN3CCN(Cc4ccccc4)CC3)c(=O)c2c1OC. The fourth-order valence-corrected chi connectivity index (χ4v) is 3.80. The van der Waals surface area contributed by atoms with Crippen molar-refractivity contribution in [1.29, 1.82) is 0 Å². The Morgan fingerprint density at radius 2 is 1.66 bits per heavy atom. The van der Waals surface area contributed by atoms with Crippen molar-refractivity contribution >= 4 is 10.8 Å². The van der Waals surface area contributed by atoms with Gasteiger partial charge in [-0.2, -0.15) is 5.10 Å². The van der Waals surface area contributed by atoms with E-state index in [-0.39, 0.29) is 5.56 Å². The molecule has 0 atom stereocenters. The normalized spacial score (nSPS) is 15.5. The third-order valence-electron chi connectivity index (χ3n) is 5.41. The summed E-state index contributed by atoms with van der Waals surface area (Å²) in [6.45, 7) is 5.15. The summed E-state index contributed by atoms with van der Waals surface area (Å²) in [5.41, 5.74) is 1.17. The molecule has 1 aliphatic rings. The van der Waals surface area contributed by atoms with Gasteiger partial charge in [0, 0.05) is 38.1 Å². The highest BCUT2D eigenvalue weighted by Gasteiger charge is 2.19. The van der Waals surface area contributed by atoms with Gasteiger partial charge in [-0.15, -0.1) is 0 Å². The molecule has 1 aliphatic heterocycles. The van der Waals surface area contributed by atoms with Crippen LogP contribution >= 0.6 is 0 Å². The molecule has 1 fully saturated rings. The molecule has 0 radical (unpaired) electrons.